The number of benzene rings is 1. The Morgan fingerprint density at radius 1 is 1.13 bits per heavy atom. The molecule has 0 aromatic heterocycles. The Labute approximate surface area is 95.5 Å². The largest absolute Gasteiger partial charge is 0.377 e. The zero-order valence-corrected chi connectivity index (χ0v) is 9.74. The molecule has 1 aromatic carbocycles. The molecule has 0 saturated heterocycles. The number of nitrogens with two attached hydrogens (primary N) is 2. The first-order valence-corrected chi connectivity index (χ1v) is 4.74. The van der Waals surface area contributed by atoms with Gasteiger partial charge in [0.1, 0.15) is 0 Å². The summed E-state index contributed by atoms with van der Waals surface area (Å²) in [5, 5.41) is 12.0. The highest BCUT2D eigenvalue weighted by molar-refractivity contribution is 7.80. The van der Waals surface area contributed by atoms with Crippen molar-refractivity contribution in [1.29, 1.82) is 0 Å². The molecular weight excluding hydrogens is 212 g/mol. The molecule has 1 aromatic rings. The summed E-state index contributed by atoms with van der Waals surface area (Å²) < 4.78 is 0. The highest BCUT2D eigenvalue weighted by Crippen LogP contribution is 2.11. The lowest BCUT2D eigenvalue weighted by Gasteiger charge is -2.01. The molecule has 0 radical (unpaired) electrons. The topological polar surface area (TPSA) is 92.5 Å². The lowest BCUT2D eigenvalue weighted by Crippen LogP contribution is -2.18. The molecular formula is C10H18N2O2S. The molecule has 0 aliphatic heterocycles. The molecule has 15 heavy (non-hydrogen) atoms. The SMILES string of the molecule is CC(C)c1ccccc1.NC(N)=S.OO. The van der Waals surface area contributed by atoms with E-state index in [1.165, 1.54) is 5.56 Å². The summed E-state index contributed by atoms with van der Waals surface area (Å²) >= 11 is 4.09. The Hall–Kier alpha value is -1.17. The first kappa shape index (κ1) is 16.3. The first-order valence-electron chi connectivity index (χ1n) is 4.34. The lowest BCUT2D eigenvalue weighted by atomic mass is 10.0. The monoisotopic (exact) mass is 230 g/mol. The van der Waals surface area contributed by atoms with Crippen LogP contribution in [0.3, 0.4) is 0 Å². The molecule has 4 nitrogen and oxygen atoms in total. The molecule has 5 heteroatoms. The van der Waals surface area contributed by atoms with Crippen LogP contribution in [-0.2, 0) is 0 Å². The molecule has 1 rings (SSSR count). The van der Waals surface area contributed by atoms with Crippen molar-refractivity contribution in [2.45, 2.75) is 19.8 Å². The van der Waals surface area contributed by atoms with Crippen LogP contribution in [0, 0.1) is 0 Å². The summed E-state index contributed by atoms with van der Waals surface area (Å²) in [5.74, 6) is 0.659. The van der Waals surface area contributed by atoms with Crippen LogP contribution >= 0.6 is 12.2 Å². The van der Waals surface area contributed by atoms with Crippen LogP contribution in [0.4, 0.5) is 0 Å². The summed E-state index contributed by atoms with van der Waals surface area (Å²) in [7, 11) is 0. The van der Waals surface area contributed by atoms with Gasteiger partial charge in [-0.25, -0.2) is 0 Å². The van der Waals surface area contributed by atoms with Crippen LogP contribution in [0.15, 0.2) is 30.3 Å². The second-order valence-corrected chi connectivity index (χ2v) is 3.44. The van der Waals surface area contributed by atoms with E-state index in [9.17, 15) is 0 Å². The molecule has 0 spiro atoms. The van der Waals surface area contributed by atoms with Crippen LogP contribution in [0.1, 0.15) is 25.3 Å². The highest BCUT2D eigenvalue weighted by atomic mass is 32.1. The third-order valence-corrected chi connectivity index (χ3v) is 1.47. The van der Waals surface area contributed by atoms with Gasteiger partial charge in [0, 0.05) is 0 Å². The van der Waals surface area contributed by atoms with Crippen molar-refractivity contribution in [1.82, 2.24) is 0 Å². The Kier molecular flexibility index (Phi) is 11.8. The van der Waals surface area contributed by atoms with Crippen molar-refractivity contribution >= 4 is 17.3 Å². The minimum Gasteiger partial charge on any atom is -0.377 e. The van der Waals surface area contributed by atoms with E-state index >= 15 is 0 Å². The van der Waals surface area contributed by atoms with E-state index < -0.39 is 0 Å². The summed E-state index contributed by atoms with van der Waals surface area (Å²) in [5.41, 5.74) is 10.7. The molecule has 0 saturated carbocycles. The van der Waals surface area contributed by atoms with E-state index in [0.29, 0.717) is 5.92 Å². The average molecular weight is 230 g/mol. The van der Waals surface area contributed by atoms with Crippen LogP contribution in [-0.4, -0.2) is 15.6 Å². The van der Waals surface area contributed by atoms with Gasteiger partial charge in [0.05, 0.1) is 0 Å². The van der Waals surface area contributed by atoms with Crippen LogP contribution in [0.25, 0.3) is 0 Å². The van der Waals surface area contributed by atoms with Crippen LogP contribution in [0.5, 0.6) is 0 Å². The average Bonchev–Trinajstić information content (AvgIpc) is 2.21. The number of hydrogen-bond donors (Lipinski definition) is 4. The van der Waals surface area contributed by atoms with Crippen LogP contribution in [0.2, 0.25) is 0 Å². The Morgan fingerprint density at radius 3 is 1.67 bits per heavy atom. The normalized spacial score (nSPS) is 8.07. The zero-order chi connectivity index (χ0) is 12.3. The predicted octanol–water partition coefficient (Wildman–Crippen LogP) is 2.02. The summed E-state index contributed by atoms with van der Waals surface area (Å²) in [6.45, 7) is 4.41. The van der Waals surface area contributed by atoms with E-state index in [1.807, 2.05) is 6.07 Å². The molecule has 0 unspecified atom stereocenters. The van der Waals surface area contributed by atoms with Gasteiger partial charge in [-0.15, -0.1) is 0 Å². The standard InChI is InChI=1S/C9H12.CH4N2S.H2O2/c1-8(2)9-6-4-3-5-7-9;2-1(3)4;1-2/h3-8H,1-2H3;(H4,2,3,4);1-2H. The Balaban J connectivity index is 0. The third-order valence-electron chi connectivity index (χ3n) is 1.47. The van der Waals surface area contributed by atoms with Gasteiger partial charge >= 0.3 is 0 Å². The van der Waals surface area contributed by atoms with Gasteiger partial charge in [0.2, 0.25) is 0 Å². The summed E-state index contributed by atoms with van der Waals surface area (Å²) in [6, 6.07) is 10.5. The van der Waals surface area contributed by atoms with Crippen molar-refractivity contribution in [2.24, 2.45) is 11.5 Å². The molecule has 0 bridgehead atoms. The van der Waals surface area contributed by atoms with Gasteiger partial charge in [-0.1, -0.05) is 44.2 Å². The van der Waals surface area contributed by atoms with Gasteiger partial charge in [-0.2, -0.15) is 0 Å². The minimum absolute atomic E-state index is 0.000000000000000222. The predicted molar refractivity (Wildman–Crippen MR) is 66.8 cm³/mol. The minimum atomic E-state index is 0.000000000000000222. The highest BCUT2D eigenvalue weighted by Gasteiger charge is 1.93. The fraction of sp³-hybridized carbons (Fsp3) is 0.300. The number of rotatable bonds is 1. The van der Waals surface area contributed by atoms with Crippen molar-refractivity contribution < 1.29 is 10.5 Å². The van der Waals surface area contributed by atoms with Crippen molar-refractivity contribution in [2.75, 3.05) is 0 Å². The summed E-state index contributed by atoms with van der Waals surface area (Å²) in [4.78, 5) is 0. The van der Waals surface area contributed by atoms with Crippen LogP contribution < -0.4 is 11.5 Å². The number of hydrogen-bond acceptors (Lipinski definition) is 3. The zero-order valence-electron chi connectivity index (χ0n) is 8.92. The summed E-state index contributed by atoms with van der Waals surface area (Å²) in [6.07, 6.45) is 0. The molecule has 0 heterocycles. The molecule has 6 N–H and O–H groups in total. The van der Waals surface area contributed by atoms with Crippen molar-refractivity contribution in [3.63, 3.8) is 0 Å². The van der Waals surface area contributed by atoms with Crippen molar-refractivity contribution in [3.05, 3.63) is 35.9 Å². The van der Waals surface area contributed by atoms with Gasteiger partial charge in [0.25, 0.3) is 0 Å². The molecule has 0 atom stereocenters. The first-order chi connectivity index (χ1) is 7.04. The Morgan fingerprint density at radius 2 is 1.47 bits per heavy atom. The van der Waals surface area contributed by atoms with Gasteiger partial charge in [-0.3, -0.25) is 10.5 Å². The maximum atomic E-state index is 6.00. The Bertz CT molecular complexity index is 249. The van der Waals surface area contributed by atoms with E-state index in [-0.39, 0.29) is 5.11 Å². The maximum absolute atomic E-state index is 6.00. The van der Waals surface area contributed by atoms with Crippen molar-refractivity contribution in [3.8, 4) is 0 Å². The molecule has 0 aliphatic rings. The molecule has 0 aliphatic carbocycles. The second-order valence-electron chi connectivity index (χ2n) is 2.97. The van der Waals surface area contributed by atoms with E-state index in [4.69, 9.17) is 10.5 Å². The van der Waals surface area contributed by atoms with E-state index in [1.54, 1.807) is 0 Å². The smallest absolute Gasteiger partial charge is 0.160 e. The molecule has 86 valence electrons. The second kappa shape index (κ2) is 10.9. The van der Waals surface area contributed by atoms with E-state index in [2.05, 4.69) is 61.8 Å². The fourth-order valence-corrected chi connectivity index (χ4v) is 0.838. The maximum Gasteiger partial charge on any atom is 0.160 e. The third kappa shape index (κ3) is 12.8. The van der Waals surface area contributed by atoms with Gasteiger partial charge < -0.3 is 11.5 Å². The quantitative estimate of drug-likeness (QED) is 0.336. The lowest BCUT2D eigenvalue weighted by molar-refractivity contribution is -0.176. The fourth-order valence-electron chi connectivity index (χ4n) is 0.838. The molecule has 0 fully saturated rings. The van der Waals surface area contributed by atoms with Gasteiger partial charge in [0.15, 0.2) is 5.11 Å². The van der Waals surface area contributed by atoms with Gasteiger partial charge in [-0.05, 0) is 23.7 Å². The van der Waals surface area contributed by atoms with E-state index in [0.717, 1.165) is 0 Å². The molecule has 0 amide bonds. The number of thiocarbonyl (C=S) groups is 1.